The summed E-state index contributed by atoms with van der Waals surface area (Å²) in [5.74, 6) is 0.680. The van der Waals surface area contributed by atoms with Crippen molar-refractivity contribution >= 4 is 16.9 Å². The fraction of sp³-hybridized carbons (Fsp3) is 0.350. The lowest BCUT2D eigenvalue weighted by atomic mass is 9.83. The highest BCUT2D eigenvalue weighted by molar-refractivity contribution is 5.85. The standard InChI is InChI=1S/C20H19F3N4O/c1-13-5-6-16-17(26-13)18(25-12-24-16)27-9-7-19(28,8-10-27)14-3-2-4-15(11-14)20(21,22)23/h2-6,11-12,28H,7-10H2,1H3. The molecule has 0 saturated carbocycles. The molecule has 1 saturated heterocycles. The molecule has 4 rings (SSSR count). The van der Waals surface area contributed by atoms with Crippen LogP contribution in [0.15, 0.2) is 42.7 Å². The second-order valence-corrected chi connectivity index (χ2v) is 7.11. The molecule has 1 aliphatic heterocycles. The summed E-state index contributed by atoms with van der Waals surface area (Å²) in [6, 6.07) is 8.71. The van der Waals surface area contributed by atoms with Gasteiger partial charge in [0.1, 0.15) is 11.8 Å². The first kappa shape index (κ1) is 18.6. The second-order valence-electron chi connectivity index (χ2n) is 7.11. The normalized spacial score (nSPS) is 17.1. The van der Waals surface area contributed by atoms with Crippen LogP contribution in [0.3, 0.4) is 0 Å². The van der Waals surface area contributed by atoms with Crippen LogP contribution < -0.4 is 4.90 Å². The average Bonchev–Trinajstić information content (AvgIpc) is 2.68. The lowest BCUT2D eigenvalue weighted by Crippen LogP contribution is -2.43. The molecule has 0 unspecified atom stereocenters. The van der Waals surface area contributed by atoms with Crippen LogP contribution in [0.25, 0.3) is 11.0 Å². The van der Waals surface area contributed by atoms with Gasteiger partial charge in [-0.1, -0.05) is 12.1 Å². The van der Waals surface area contributed by atoms with Crippen molar-refractivity contribution in [3.63, 3.8) is 0 Å². The van der Waals surface area contributed by atoms with Crippen molar-refractivity contribution in [2.24, 2.45) is 0 Å². The molecule has 2 aromatic heterocycles. The molecule has 8 heteroatoms. The Balaban J connectivity index is 1.59. The number of hydrogen-bond donors (Lipinski definition) is 1. The number of fused-ring (bicyclic) bond motifs is 1. The number of pyridine rings is 1. The minimum Gasteiger partial charge on any atom is -0.385 e. The topological polar surface area (TPSA) is 62.1 Å². The molecular formula is C20H19F3N4O. The van der Waals surface area contributed by atoms with E-state index in [2.05, 4.69) is 15.0 Å². The summed E-state index contributed by atoms with van der Waals surface area (Å²) in [7, 11) is 0. The van der Waals surface area contributed by atoms with Gasteiger partial charge in [-0.15, -0.1) is 0 Å². The van der Waals surface area contributed by atoms with Crippen molar-refractivity contribution in [1.29, 1.82) is 0 Å². The van der Waals surface area contributed by atoms with Gasteiger partial charge < -0.3 is 10.0 Å². The van der Waals surface area contributed by atoms with Crippen LogP contribution in [0.5, 0.6) is 0 Å². The highest BCUT2D eigenvalue weighted by Crippen LogP contribution is 2.38. The van der Waals surface area contributed by atoms with Crippen LogP contribution in [0.1, 0.15) is 29.7 Å². The van der Waals surface area contributed by atoms with E-state index in [0.29, 0.717) is 42.8 Å². The Morgan fingerprint density at radius 3 is 2.54 bits per heavy atom. The van der Waals surface area contributed by atoms with E-state index < -0.39 is 17.3 Å². The van der Waals surface area contributed by atoms with E-state index in [4.69, 9.17) is 0 Å². The van der Waals surface area contributed by atoms with E-state index in [0.717, 1.165) is 23.3 Å². The number of piperidine rings is 1. The number of rotatable bonds is 2. The molecule has 0 spiro atoms. The number of aliphatic hydroxyl groups is 1. The van der Waals surface area contributed by atoms with Crippen LogP contribution in [-0.4, -0.2) is 33.1 Å². The van der Waals surface area contributed by atoms with Gasteiger partial charge in [-0.05, 0) is 49.6 Å². The Morgan fingerprint density at radius 1 is 1.07 bits per heavy atom. The van der Waals surface area contributed by atoms with Crippen molar-refractivity contribution in [3.05, 3.63) is 59.5 Å². The molecule has 28 heavy (non-hydrogen) atoms. The summed E-state index contributed by atoms with van der Waals surface area (Å²) in [5.41, 5.74) is 0.511. The summed E-state index contributed by atoms with van der Waals surface area (Å²) >= 11 is 0. The summed E-state index contributed by atoms with van der Waals surface area (Å²) in [6.07, 6.45) is -2.37. The molecular weight excluding hydrogens is 369 g/mol. The van der Waals surface area contributed by atoms with Crippen LogP contribution in [0.2, 0.25) is 0 Å². The van der Waals surface area contributed by atoms with Crippen molar-refractivity contribution in [2.75, 3.05) is 18.0 Å². The fourth-order valence-corrected chi connectivity index (χ4v) is 3.62. The van der Waals surface area contributed by atoms with Gasteiger partial charge in [-0.25, -0.2) is 15.0 Å². The Hall–Kier alpha value is -2.74. The van der Waals surface area contributed by atoms with Gasteiger partial charge in [-0.3, -0.25) is 0 Å². The molecule has 0 bridgehead atoms. The fourth-order valence-electron chi connectivity index (χ4n) is 3.62. The van der Waals surface area contributed by atoms with E-state index in [9.17, 15) is 18.3 Å². The average molecular weight is 388 g/mol. The number of nitrogens with zero attached hydrogens (tertiary/aromatic N) is 4. The third-order valence-corrected chi connectivity index (χ3v) is 5.22. The maximum absolute atomic E-state index is 13.0. The first-order valence-electron chi connectivity index (χ1n) is 9.00. The molecule has 0 atom stereocenters. The molecule has 0 radical (unpaired) electrons. The number of benzene rings is 1. The van der Waals surface area contributed by atoms with Gasteiger partial charge in [0.15, 0.2) is 5.82 Å². The van der Waals surface area contributed by atoms with Gasteiger partial charge in [0.25, 0.3) is 0 Å². The number of aromatic nitrogens is 3. The molecule has 3 aromatic rings. The van der Waals surface area contributed by atoms with Crippen LogP contribution >= 0.6 is 0 Å². The molecule has 1 N–H and O–H groups in total. The number of anilines is 1. The lowest BCUT2D eigenvalue weighted by Gasteiger charge is -2.39. The zero-order chi connectivity index (χ0) is 19.9. The molecule has 1 aliphatic rings. The van der Waals surface area contributed by atoms with Crippen molar-refractivity contribution in [2.45, 2.75) is 31.5 Å². The first-order valence-corrected chi connectivity index (χ1v) is 9.00. The van der Waals surface area contributed by atoms with Crippen molar-refractivity contribution in [1.82, 2.24) is 15.0 Å². The van der Waals surface area contributed by atoms with Gasteiger partial charge in [0.05, 0.1) is 16.7 Å². The molecule has 3 heterocycles. The van der Waals surface area contributed by atoms with E-state index >= 15 is 0 Å². The Morgan fingerprint density at radius 2 is 1.82 bits per heavy atom. The predicted octanol–water partition coefficient (Wildman–Crippen LogP) is 3.84. The minimum absolute atomic E-state index is 0.295. The van der Waals surface area contributed by atoms with Gasteiger partial charge in [-0.2, -0.15) is 13.2 Å². The van der Waals surface area contributed by atoms with E-state index in [1.54, 1.807) is 6.07 Å². The SMILES string of the molecule is Cc1ccc2ncnc(N3CCC(O)(c4cccc(C(F)(F)F)c4)CC3)c2n1. The molecule has 1 fully saturated rings. The van der Waals surface area contributed by atoms with Gasteiger partial charge in [0.2, 0.25) is 0 Å². The number of aryl methyl sites for hydroxylation is 1. The second kappa shape index (κ2) is 6.70. The lowest BCUT2D eigenvalue weighted by molar-refractivity contribution is -0.137. The highest BCUT2D eigenvalue weighted by Gasteiger charge is 2.37. The summed E-state index contributed by atoms with van der Waals surface area (Å²) in [6.45, 7) is 2.79. The number of halogens is 3. The van der Waals surface area contributed by atoms with Crippen LogP contribution in [0.4, 0.5) is 19.0 Å². The zero-order valence-electron chi connectivity index (χ0n) is 15.2. The van der Waals surface area contributed by atoms with E-state index in [1.807, 2.05) is 24.0 Å². The molecule has 146 valence electrons. The molecule has 5 nitrogen and oxygen atoms in total. The molecule has 0 aliphatic carbocycles. The Labute approximate surface area is 159 Å². The van der Waals surface area contributed by atoms with Crippen LogP contribution in [0, 0.1) is 6.92 Å². The number of alkyl halides is 3. The maximum Gasteiger partial charge on any atom is 0.416 e. The minimum atomic E-state index is -4.43. The van der Waals surface area contributed by atoms with E-state index in [1.165, 1.54) is 12.4 Å². The third-order valence-electron chi connectivity index (χ3n) is 5.22. The van der Waals surface area contributed by atoms with Crippen LogP contribution in [-0.2, 0) is 11.8 Å². The summed E-state index contributed by atoms with van der Waals surface area (Å²) in [5, 5.41) is 11.0. The maximum atomic E-state index is 13.0. The smallest absolute Gasteiger partial charge is 0.385 e. The number of hydrogen-bond acceptors (Lipinski definition) is 5. The van der Waals surface area contributed by atoms with Gasteiger partial charge >= 0.3 is 6.18 Å². The zero-order valence-corrected chi connectivity index (χ0v) is 15.2. The summed E-state index contributed by atoms with van der Waals surface area (Å²) in [4.78, 5) is 15.1. The quantitative estimate of drug-likeness (QED) is 0.723. The molecule has 0 amide bonds. The van der Waals surface area contributed by atoms with E-state index in [-0.39, 0.29) is 0 Å². The third kappa shape index (κ3) is 3.40. The summed E-state index contributed by atoms with van der Waals surface area (Å²) < 4.78 is 39.0. The van der Waals surface area contributed by atoms with Crippen molar-refractivity contribution < 1.29 is 18.3 Å². The monoisotopic (exact) mass is 388 g/mol. The largest absolute Gasteiger partial charge is 0.416 e. The molecule has 1 aromatic carbocycles. The predicted molar refractivity (Wildman–Crippen MR) is 98.9 cm³/mol. The van der Waals surface area contributed by atoms with Crippen molar-refractivity contribution in [3.8, 4) is 0 Å². The Kier molecular flexibility index (Phi) is 4.45. The first-order chi connectivity index (χ1) is 13.3. The van der Waals surface area contributed by atoms with Gasteiger partial charge in [0, 0.05) is 18.8 Å². The highest BCUT2D eigenvalue weighted by atomic mass is 19.4. The Bertz CT molecular complexity index is 1010.